The minimum Gasteiger partial charge on any atom is -0.463 e. The molecule has 0 saturated carbocycles. The first-order valence-corrected chi connectivity index (χ1v) is 7.88. The van der Waals surface area contributed by atoms with Gasteiger partial charge in [-0.05, 0) is 31.6 Å². The highest BCUT2D eigenvalue weighted by Gasteiger charge is 2.31. The van der Waals surface area contributed by atoms with Crippen LogP contribution in [0.25, 0.3) is 0 Å². The Kier molecular flexibility index (Phi) is 5.20. The molecule has 1 N–H and O–H groups in total. The molecule has 0 radical (unpaired) electrons. The Morgan fingerprint density at radius 2 is 2.00 bits per heavy atom. The van der Waals surface area contributed by atoms with Crippen LogP contribution in [0.2, 0.25) is 0 Å². The fourth-order valence-electron chi connectivity index (χ4n) is 2.82. The van der Waals surface area contributed by atoms with Crippen LogP contribution in [0.5, 0.6) is 6.01 Å². The molecule has 1 aromatic heterocycles. The molecule has 3 atom stereocenters. The second-order valence-electron chi connectivity index (χ2n) is 6.05. The topological polar surface area (TPSA) is 63.2 Å². The van der Waals surface area contributed by atoms with Gasteiger partial charge in [0, 0.05) is 19.6 Å². The van der Waals surface area contributed by atoms with Crippen molar-refractivity contribution in [1.29, 1.82) is 0 Å². The first kappa shape index (κ1) is 15.8. The Morgan fingerprint density at radius 1 is 1.24 bits per heavy atom. The molecule has 21 heavy (non-hydrogen) atoms. The van der Waals surface area contributed by atoms with Crippen molar-refractivity contribution in [3.05, 3.63) is 0 Å². The number of rotatable bonds is 5. The Hall–Kier alpha value is -1.59. The largest absolute Gasteiger partial charge is 0.463 e. The van der Waals surface area contributed by atoms with Gasteiger partial charge in [-0.1, -0.05) is 20.8 Å². The van der Waals surface area contributed by atoms with Gasteiger partial charge in [-0.25, -0.2) is 0 Å². The van der Waals surface area contributed by atoms with E-state index in [4.69, 9.17) is 4.74 Å². The fraction of sp³-hybridized carbons (Fsp3) is 0.800. The summed E-state index contributed by atoms with van der Waals surface area (Å²) in [6.45, 7) is 10.5. The van der Waals surface area contributed by atoms with Gasteiger partial charge in [-0.3, -0.25) is 0 Å². The van der Waals surface area contributed by atoms with Crippen molar-refractivity contribution in [3.8, 4) is 6.01 Å². The predicted octanol–water partition coefficient (Wildman–Crippen LogP) is 2.57. The van der Waals surface area contributed by atoms with Crippen molar-refractivity contribution in [1.82, 2.24) is 15.0 Å². The van der Waals surface area contributed by atoms with E-state index in [1.807, 2.05) is 7.05 Å². The SMILES string of the molecule is CCCOc1nc(NC)nc(N2CC(C)CC(C)C2C)n1. The maximum absolute atomic E-state index is 5.59. The minimum absolute atomic E-state index is 0.407. The molecule has 0 aromatic carbocycles. The van der Waals surface area contributed by atoms with E-state index in [1.54, 1.807) is 0 Å². The van der Waals surface area contributed by atoms with Crippen molar-refractivity contribution in [2.75, 3.05) is 30.4 Å². The molecule has 0 bridgehead atoms. The summed E-state index contributed by atoms with van der Waals surface area (Å²) >= 11 is 0. The third-order valence-corrected chi connectivity index (χ3v) is 4.12. The number of aromatic nitrogens is 3. The van der Waals surface area contributed by atoms with E-state index in [2.05, 4.69) is 52.9 Å². The Balaban J connectivity index is 2.28. The van der Waals surface area contributed by atoms with Gasteiger partial charge < -0.3 is 15.0 Å². The lowest BCUT2D eigenvalue weighted by atomic mass is 9.86. The molecule has 2 rings (SSSR count). The second kappa shape index (κ2) is 6.91. The Morgan fingerprint density at radius 3 is 2.67 bits per heavy atom. The molecule has 1 fully saturated rings. The predicted molar refractivity (Wildman–Crippen MR) is 84.9 cm³/mol. The quantitative estimate of drug-likeness (QED) is 0.900. The second-order valence-corrected chi connectivity index (χ2v) is 6.05. The summed E-state index contributed by atoms with van der Waals surface area (Å²) in [4.78, 5) is 15.6. The average molecular weight is 293 g/mol. The van der Waals surface area contributed by atoms with Gasteiger partial charge in [-0.2, -0.15) is 15.0 Å². The van der Waals surface area contributed by atoms with Gasteiger partial charge in [0.25, 0.3) is 0 Å². The highest BCUT2D eigenvalue weighted by atomic mass is 16.5. The summed E-state index contributed by atoms with van der Waals surface area (Å²) in [6, 6.07) is 0.830. The number of nitrogens with one attached hydrogen (secondary N) is 1. The first-order chi connectivity index (χ1) is 10.0. The zero-order chi connectivity index (χ0) is 15.4. The smallest absolute Gasteiger partial charge is 0.323 e. The number of piperidine rings is 1. The maximum atomic E-state index is 5.59. The van der Waals surface area contributed by atoms with E-state index in [-0.39, 0.29) is 0 Å². The maximum Gasteiger partial charge on any atom is 0.323 e. The highest BCUT2D eigenvalue weighted by molar-refractivity contribution is 5.39. The lowest BCUT2D eigenvalue weighted by Crippen LogP contribution is -2.46. The van der Waals surface area contributed by atoms with Crippen LogP contribution in [-0.4, -0.2) is 41.2 Å². The summed E-state index contributed by atoms with van der Waals surface area (Å²) in [5.41, 5.74) is 0. The number of nitrogens with zero attached hydrogens (tertiary/aromatic N) is 4. The van der Waals surface area contributed by atoms with Gasteiger partial charge in [0.2, 0.25) is 11.9 Å². The van der Waals surface area contributed by atoms with Crippen molar-refractivity contribution in [2.45, 2.75) is 46.6 Å². The monoisotopic (exact) mass is 293 g/mol. The molecule has 6 nitrogen and oxygen atoms in total. The van der Waals surface area contributed by atoms with Gasteiger partial charge >= 0.3 is 6.01 Å². The van der Waals surface area contributed by atoms with Gasteiger partial charge in [0.1, 0.15) is 0 Å². The van der Waals surface area contributed by atoms with E-state index in [1.165, 1.54) is 6.42 Å². The highest BCUT2D eigenvalue weighted by Crippen LogP contribution is 2.30. The molecule has 1 aliphatic rings. The zero-order valence-electron chi connectivity index (χ0n) is 13.8. The summed E-state index contributed by atoms with van der Waals surface area (Å²) in [7, 11) is 1.81. The molecule has 6 heteroatoms. The summed E-state index contributed by atoms with van der Waals surface area (Å²) in [5, 5.41) is 2.99. The third-order valence-electron chi connectivity index (χ3n) is 4.12. The van der Waals surface area contributed by atoms with E-state index in [0.717, 1.165) is 13.0 Å². The molecular weight excluding hydrogens is 266 g/mol. The van der Waals surface area contributed by atoms with Crippen LogP contribution >= 0.6 is 0 Å². The number of hydrogen-bond acceptors (Lipinski definition) is 6. The lowest BCUT2D eigenvalue weighted by molar-refractivity contribution is 0.281. The van der Waals surface area contributed by atoms with E-state index in [0.29, 0.717) is 42.4 Å². The summed E-state index contributed by atoms with van der Waals surface area (Å²) in [6.07, 6.45) is 2.19. The van der Waals surface area contributed by atoms with Crippen LogP contribution < -0.4 is 15.0 Å². The number of hydrogen-bond donors (Lipinski definition) is 1. The standard InChI is InChI=1S/C15H27N5O/c1-6-7-21-15-18-13(16-5)17-14(19-15)20-9-10(2)8-11(3)12(20)4/h10-12H,6-9H2,1-5H3,(H,16,17,18,19). The zero-order valence-corrected chi connectivity index (χ0v) is 13.8. The van der Waals surface area contributed by atoms with Crippen molar-refractivity contribution < 1.29 is 4.74 Å². The third kappa shape index (κ3) is 3.74. The van der Waals surface area contributed by atoms with Gasteiger partial charge in [0.05, 0.1) is 6.61 Å². The van der Waals surface area contributed by atoms with E-state index >= 15 is 0 Å². The summed E-state index contributed by atoms with van der Waals surface area (Å²) < 4.78 is 5.59. The average Bonchev–Trinajstić information content (AvgIpc) is 2.48. The normalized spacial score (nSPS) is 25.8. The molecule has 0 aliphatic carbocycles. The minimum atomic E-state index is 0.407. The van der Waals surface area contributed by atoms with Crippen LogP contribution in [0, 0.1) is 11.8 Å². The molecule has 0 amide bonds. The molecule has 0 spiro atoms. The molecule has 1 aliphatic heterocycles. The number of anilines is 2. The molecule has 1 aromatic rings. The van der Waals surface area contributed by atoms with Gasteiger partial charge in [-0.15, -0.1) is 0 Å². The molecule has 118 valence electrons. The van der Waals surface area contributed by atoms with E-state index in [9.17, 15) is 0 Å². The molecular formula is C15H27N5O. The number of ether oxygens (including phenoxy) is 1. The fourth-order valence-corrected chi connectivity index (χ4v) is 2.82. The van der Waals surface area contributed by atoms with Crippen LogP contribution in [0.15, 0.2) is 0 Å². The van der Waals surface area contributed by atoms with Crippen LogP contribution in [0.1, 0.15) is 40.5 Å². The van der Waals surface area contributed by atoms with Crippen molar-refractivity contribution >= 4 is 11.9 Å². The Labute approximate surface area is 127 Å². The Bertz CT molecular complexity index is 467. The van der Waals surface area contributed by atoms with Crippen molar-refractivity contribution in [3.63, 3.8) is 0 Å². The van der Waals surface area contributed by atoms with Gasteiger partial charge in [0.15, 0.2) is 0 Å². The van der Waals surface area contributed by atoms with Crippen molar-refractivity contribution in [2.24, 2.45) is 11.8 Å². The van der Waals surface area contributed by atoms with Crippen LogP contribution in [0.3, 0.4) is 0 Å². The van der Waals surface area contributed by atoms with E-state index < -0.39 is 0 Å². The molecule has 3 unspecified atom stereocenters. The lowest BCUT2D eigenvalue weighted by Gasteiger charge is -2.41. The summed E-state index contributed by atoms with van der Waals surface area (Å²) in [5.74, 6) is 2.55. The van der Waals surface area contributed by atoms with Crippen LogP contribution in [0.4, 0.5) is 11.9 Å². The molecule has 2 heterocycles. The first-order valence-electron chi connectivity index (χ1n) is 7.88. The van der Waals surface area contributed by atoms with Crippen LogP contribution in [-0.2, 0) is 0 Å². The molecule has 1 saturated heterocycles.